The summed E-state index contributed by atoms with van der Waals surface area (Å²) in [7, 11) is 0. The summed E-state index contributed by atoms with van der Waals surface area (Å²) < 4.78 is 5.44. The largest absolute Gasteiger partial charge is 0.384 e. The van der Waals surface area contributed by atoms with Crippen LogP contribution in [0.1, 0.15) is 6.42 Å². The van der Waals surface area contributed by atoms with Crippen LogP contribution in [0.5, 0.6) is 0 Å². The fraction of sp³-hybridized carbons (Fsp3) is 0.643. The van der Waals surface area contributed by atoms with Gasteiger partial charge in [0.25, 0.3) is 0 Å². The highest BCUT2D eigenvalue weighted by Gasteiger charge is 2.22. The summed E-state index contributed by atoms with van der Waals surface area (Å²) in [6, 6.07) is 3.93. The van der Waals surface area contributed by atoms with Gasteiger partial charge >= 0.3 is 0 Å². The zero-order chi connectivity index (χ0) is 13.1. The zero-order valence-electron chi connectivity index (χ0n) is 11.3. The molecule has 0 spiro atoms. The molecule has 0 aliphatic carbocycles. The van der Waals surface area contributed by atoms with Gasteiger partial charge < -0.3 is 15.4 Å². The summed E-state index contributed by atoms with van der Waals surface area (Å²) in [6.45, 7) is 7.47. The van der Waals surface area contributed by atoms with Crippen molar-refractivity contribution in [1.82, 2.24) is 9.88 Å². The molecule has 0 saturated carbocycles. The van der Waals surface area contributed by atoms with E-state index in [2.05, 4.69) is 20.9 Å². The molecule has 1 unspecified atom stereocenters. The molecule has 2 N–H and O–H groups in total. The number of aromatic nitrogens is 1. The van der Waals surface area contributed by atoms with Crippen LogP contribution >= 0.6 is 0 Å². The van der Waals surface area contributed by atoms with E-state index in [0.29, 0.717) is 5.82 Å². The Morgan fingerprint density at radius 1 is 1.26 bits per heavy atom. The maximum absolute atomic E-state index is 5.62. The second kappa shape index (κ2) is 5.75. The molecule has 1 aromatic rings. The van der Waals surface area contributed by atoms with Gasteiger partial charge in [0.1, 0.15) is 5.82 Å². The highest BCUT2D eigenvalue weighted by Crippen LogP contribution is 2.18. The van der Waals surface area contributed by atoms with Crippen molar-refractivity contribution in [3.63, 3.8) is 0 Å². The average Bonchev–Trinajstić information content (AvgIpc) is 2.94. The van der Waals surface area contributed by atoms with E-state index in [0.717, 1.165) is 45.3 Å². The van der Waals surface area contributed by atoms with Crippen molar-refractivity contribution in [1.29, 1.82) is 0 Å². The lowest BCUT2D eigenvalue weighted by molar-refractivity contribution is 0.164. The van der Waals surface area contributed by atoms with Crippen LogP contribution in [-0.4, -0.2) is 55.8 Å². The number of piperazine rings is 1. The lowest BCUT2D eigenvalue weighted by Crippen LogP contribution is -2.47. The van der Waals surface area contributed by atoms with Crippen molar-refractivity contribution in [2.75, 3.05) is 56.6 Å². The van der Waals surface area contributed by atoms with Crippen molar-refractivity contribution in [3.05, 3.63) is 18.3 Å². The molecule has 3 rings (SSSR count). The predicted octanol–water partition coefficient (Wildman–Crippen LogP) is 0.822. The third-order valence-corrected chi connectivity index (χ3v) is 4.05. The number of rotatable bonds is 3. The van der Waals surface area contributed by atoms with E-state index in [9.17, 15) is 0 Å². The van der Waals surface area contributed by atoms with E-state index in [4.69, 9.17) is 10.5 Å². The fourth-order valence-electron chi connectivity index (χ4n) is 2.87. The topological polar surface area (TPSA) is 54.6 Å². The van der Waals surface area contributed by atoms with Gasteiger partial charge in [0, 0.05) is 39.3 Å². The molecular formula is C14H22N4O. The maximum Gasteiger partial charge on any atom is 0.123 e. The molecule has 0 bridgehead atoms. The van der Waals surface area contributed by atoms with Crippen molar-refractivity contribution < 1.29 is 4.74 Å². The second-order valence-electron chi connectivity index (χ2n) is 5.46. The van der Waals surface area contributed by atoms with Crippen LogP contribution in [0.3, 0.4) is 0 Å². The minimum Gasteiger partial charge on any atom is -0.384 e. The van der Waals surface area contributed by atoms with Gasteiger partial charge in [0.05, 0.1) is 18.5 Å². The quantitative estimate of drug-likeness (QED) is 0.874. The molecule has 0 radical (unpaired) electrons. The first kappa shape index (κ1) is 12.7. The molecule has 5 nitrogen and oxygen atoms in total. The minimum atomic E-state index is 0.587. The van der Waals surface area contributed by atoms with E-state index in [1.807, 2.05) is 12.3 Å². The van der Waals surface area contributed by atoms with Crippen LogP contribution in [-0.2, 0) is 4.74 Å². The molecule has 1 atom stereocenters. The molecule has 19 heavy (non-hydrogen) atoms. The Kier molecular flexibility index (Phi) is 3.84. The standard InChI is InChI=1S/C14H22N4O/c15-14-2-1-13(9-16-14)18-6-4-17(5-7-18)10-12-3-8-19-11-12/h1-2,9,12H,3-8,10-11H2,(H2,15,16). The van der Waals surface area contributed by atoms with Gasteiger partial charge in [0.15, 0.2) is 0 Å². The monoisotopic (exact) mass is 262 g/mol. The Morgan fingerprint density at radius 2 is 2.11 bits per heavy atom. The number of anilines is 2. The van der Waals surface area contributed by atoms with E-state index >= 15 is 0 Å². The molecule has 104 valence electrons. The van der Waals surface area contributed by atoms with Gasteiger partial charge in [-0.3, -0.25) is 4.90 Å². The number of hydrogen-bond acceptors (Lipinski definition) is 5. The Hall–Kier alpha value is -1.33. The van der Waals surface area contributed by atoms with E-state index in [1.54, 1.807) is 0 Å². The van der Waals surface area contributed by atoms with E-state index in [-0.39, 0.29) is 0 Å². The maximum atomic E-state index is 5.62. The van der Waals surface area contributed by atoms with Crippen LogP contribution in [0.4, 0.5) is 11.5 Å². The minimum absolute atomic E-state index is 0.587. The van der Waals surface area contributed by atoms with Crippen molar-refractivity contribution in [2.45, 2.75) is 6.42 Å². The number of nitrogens with two attached hydrogens (primary N) is 1. The van der Waals surface area contributed by atoms with Crippen LogP contribution in [0.15, 0.2) is 18.3 Å². The summed E-state index contributed by atoms with van der Waals surface area (Å²) in [4.78, 5) is 9.10. The SMILES string of the molecule is Nc1ccc(N2CCN(CC3CCOC3)CC2)cn1. The third-order valence-electron chi connectivity index (χ3n) is 4.05. The molecular weight excluding hydrogens is 240 g/mol. The summed E-state index contributed by atoms with van der Waals surface area (Å²) in [5.74, 6) is 1.33. The first-order valence-corrected chi connectivity index (χ1v) is 7.08. The number of nitrogens with zero attached hydrogens (tertiary/aromatic N) is 3. The van der Waals surface area contributed by atoms with Gasteiger partial charge in [-0.2, -0.15) is 0 Å². The van der Waals surface area contributed by atoms with Gasteiger partial charge in [-0.1, -0.05) is 0 Å². The Bertz CT molecular complexity index is 394. The highest BCUT2D eigenvalue weighted by atomic mass is 16.5. The Labute approximate surface area is 114 Å². The van der Waals surface area contributed by atoms with Crippen LogP contribution in [0.25, 0.3) is 0 Å². The number of nitrogen functional groups attached to an aromatic ring is 1. The summed E-state index contributed by atoms with van der Waals surface area (Å²) in [5.41, 5.74) is 6.80. The van der Waals surface area contributed by atoms with E-state index in [1.165, 1.54) is 18.7 Å². The summed E-state index contributed by atoms with van der Waals surface area (Å²) in [5, 5.41) is 0. The second-order valence-corrected chi connectivity index (χ2v) is 5.46. The molecule has 1 aromatic heterocycles. The lowest BCUT2D eigenvalue weighted by atomic mass is 10.1. The first-order valence-electron chi connectivity index (χ1n) is 7.08. The molecule has 2 aliphatic rings. The zero-order valence-corrected chi connectivity index (χ0v) is 11.3. The van der Waals surface area contributed by atoms with Gasteiger partial charge in [-0.15, -0.1) is 0 Å². The van der Waals surface area contributed by atoms with Crippen molar-refractivity contribution >= 4 is 11.5 Å². The molecule has 3 heterocycles. The highest BCUT2D eigenvalue weighted by molar-refractivity contribution is 5.48. The van der Waals surface area contributed by atoms with E-state index < -0.39 is 0 Å². The molecule has 2 aliphatic heterocycles. The van der Waals surface area contributed by atoms with Gasteiger partial charge in [-0.25, -0.2) is 4.98 Å². The van der Waals surface area contributed by atoms with Crippen LogP contribution < -0.4 is 10.6 Å². The smallest absolute Gasteiger partial charge is 0.123 e. The molecule has 5 heteroatoms. The van der Waals surface area contributed by atoms with Crippen LogP contribution in [0, 0.1) is 5.92 Å². The number of ether oxygens (including phenoxy) is 1. The number of hydrogen-bond donors (Lipinski definition) is 1. The molecule has 0 amide bonds. The molecule has 2 fully saturated rings. The van der Waals surface area contributed by atoms with Crippen molar-refractivity contribution in [3.8, 4) is 0 Å². The average molecular weight is 262 g/mol. The molecule has 0 aromatic carbocycles. The van der Waals surface area contributed by atoms with Gasteiger partial charge in [-0.05, 0) is 24.5 Å². The van der Waals surface area contributed by atoms with Gasteiger partial charge in [0.2, 0.25) is 0 Å². The fourth-order valence-corrected chi connectivity index (χ4v) is 2.87. The summed E-state index contributed by atoms with van der Waals surface area (Å²) >= 11 is 0. The first-order chi connectivity index (χ1) is 9.31. The third kappa shape index (κ3) is 3.16. The van der Waals surface area contributed by atoms with Crippen LogP contribution in [0.2, 0.25) is 0 Å². The predicted molar refractivity (Wildman–Crippen MR) is 76.2 cm³/mol. The normalized spacial score (nSPS) is 24.8. The lowest BCUT2D eigenvalue weighted by Gasteiger charge is -2.36. The summed E-state index contributed by atoms with van der Waals surface area (Å²) in [6.07, 6.45) is 3.10. The Balaban J connectivity index is 1.50. The molecule has 2 saturated heterocycles. The number of pyridine rings is 1. The Morgan fingerprint density at radius 3 is 2.74 bits per heavy atom. The van der Waals surface area contributed by atoms with Crippen molar-refractivity contribution in [2.24, 2.45) is 5.92 Å².